The summed E-state index contributed by atoms with van der Waals surface area (Å²) in [5, 5.41) is 0. The quantitative estimate of drug-likeness (QED) is 0.390. The molecule has 0 aromatic heterocycles. The van der Waals surface area contributed by atoms with Gasteiger partial charge >= 0.3 is 0 Å². The normalized spacial score (nSPS) is 14.1. The Morgan fingerprint density at radius 1 is 1.06 bits per heavy atom. The molecule has 0 fully saturated rings. The van der Waals surface area contributed by atoms with Crippen LogP contribution in [0.5, 0.6) is 0 Å². The summed E-state index contributed by atoms with van der Waals surface area (Å²) in [5.74, 6) is 1.18. The van der Waals surface area contributed by atoms with Crippen LogP contribution >= 0.6 is 11.6 Å². The lowest BCUT2D eigenvalue weighted by Gasteiger charge is -2.31. The van der Waals surface area contributed by atoms with E-state index in [2.05, 4.69) is 20.8 Å². The standard InChI is InChI=1S/C14H29ClO/c1-5-6-7-8-9-10-11-13(12-15)14(2,3)16-4/h13H,5-12H2,1-4H3. The Hall–Kier alpha value is 0.250. The van der Waals surface area contributed by atoms with E-state index in [-0.39, 0.29) is 5.60 Å². The molecule has 2 heteroatoms. The van der Waals surface area contributed by atoms with Crippen LogP contribution in [0.3, 0.4) is 0 Å². The molecule has 0 saturated heterocycles. The van der Waals surface area contributed by atoms with Crippen LogP contribution in [-0.4, -0.2) is 18.6 Å². The summed E-state index contributed by atoms with van der Waals surface area (Å²) in [5.41, 5.74) is -0.0782. The summed E-state index contributed by atoms with van der Waals surface area (Å²) in [7, 11) is 1.78. The Balaban J connectivity index is 3.64. The molecule has 0 spiro atoms. The minimum Gasteiger partial charge on any atom is -0.378 e. The maximum absolute atomic E-state index is 6.01. The van der Waals surface area contributed by atoms with Gasteiger partial charge in [-0.15, -0.1) is 11.6 Å². The maximum atomic E-state index is 6.01. The highest BCUT2D eigenvalue weighted by molar-refractivity contribution is 6.18. The zero-order chi connectivity index (χ0) is 12.4. The van der Waals surface area contributed by atoms with E-state index in [0.29, 0.717) is 11.8 Å². The zero-order valence-electron chi connectivity index (χ0n) is 11.5. The summed E-state index contributed by atoms with van der Waals surface area (Å²) in [6.07, 6.45) is 9.27. The Bertz CT molecular complexity index is 157. The number of methoxy groups -OCH3 is 1. The molecule has 0 amide bonds. The number of alkyl halides is 1. The van der Waals surface area contributed by atoms with E-state index in [1.165, 1.54) is 44.9 Å². The summed E-state index contributed by atoms with van der Waals surface area (Å²) in [4.78, 5) is 0. The monoisotopic (exact) mass is 248 g/mol. The van der Waals surface area contributed by atoms with E-state index in [0.717, 1.165) is 0 Å². The van der Waals surface area contributed by atoms with Crippen molar-refractivity contribution in [1.82, 2.24) is 0 Å². The first-order chi connectivity index (χ1) is 7.58. The molecule has 0 aliphatic heterocycles. The molecule has 0 aromatic carbocycles. The molecule has 0 saturated carbocycles. The highest BCUT2D eigenvalue weighted by Crippen LogP contribution is 2.27. The number of hydrogen-bond donors (Lipinski definition) is 0. The summed E-state index contributed by atoms with van der Waals surface area (Å²) in [6.45, 7) is 6.53. The van der Waals surface area contributed by atoms with Crippen molar-refractivity contribution in [2.75, 3.05) is 13.0 Å². The second kappa shape index (κ2) is 9.30. The third-order valence-corrected chi connectivity index (χ3v) is 3.97. The van der Waals surface area contributed by atoms with E-state index >= 15 is 0 Å². The fourth-order valence-corrected chi connectivity index (χ4v) is 2.47. The second-order valence-electron chi connectivity index (χ2n) is 5.22. The second-order valence-corrected chi connectivity index (χ2v) is 5.52. The minimum atomic E-state index is -0.0782. The third kappa shape index (κ3) is 6.75. The first-order valence-corrected chi connectivity index (χ1v) is 7.23. The molecule has 1 atom stereocenters. The van der Waals surface area contributed by atoms with E-state index in [9.17, 15) is 0 Å². The average Bonchev–Trinajstić information content (AvgIpc) is 2.28. The van der Waals surface area contributed by atoms with Gasteiger partial charge in [0.25, 0.3) is 0 Å². The highest BCUT2D eigenvalue weighted by Gasteiger charge is 2.27. The largest absolute Gasteiger partial charge is 0.378 e. The van der Waals surface area contributed by atoms with Gasteiger partial charge in [-0.3, -0.25) is 0 Å². The first-order valence-electron chi connectivity index (χ1n) is 6.69. The zero-order valence-corrected chi connectivity index (χ0v) is 12.3. The Kier molecular flexibility index (Phi) is 9.44. The van der Waals surface area contributed by atoms with Crippen molar-refractivity contribution in [2.24, 2.45) is 5.92 Å². The van der Waals surface area contributed by atoms with Crippen LogP contribution in [-0.2, 0) is 4.74 Å². The summed E-state index contributed by atoms with van der Waals surface area (Å²) < 4.78 is 5.50. The van der Waals surface area contributed by atoms with Crippen LogP contribution in [0.15, 0.2) is 0 Å². The summed E-state index contributed by atoms with van der Waals surface area (Å²) >= 11 is 6.01. The number of unbranched alkanes of at least 4 members (excludes halogenated alkanes) is 5. The third-order valence-electron chi connectivity index (χ3n) is 3.60. The van der Waals surface area contributed by atoms with E-state index < -0.39 is 0 Å². The fourth-order valence-electron chi connectivity index (χ4n) is 1.95. The Labute approximate surface area is 107 Å². The average molecular weight is 249 g/mol. The molecule has 0 radical (unpaired) electrons. The van der Waals surface area contributed by atoms with Crippen molar-refractivity contribution >= 4 is 11.6 Å². The van der Waals surface area contributed by atoms with Crippen LogP contribution in [0, 0.1) is 5.92 Å². The number of rotatable bonds is 10. The molecule has 0 bridgehead atoms. The molecule has 0 rings (SSSR count). The van der Waals surface area contributed by atoms with Crippen molar-refractivity contribution in [2.45, 2.75) is 71.3 Å². The van der Waals surface area contributed by atoms with Gasteiger partial charge in [0.2, 0.25) is 0 Å². The van der Waals surface area contributed by atoms with Crippen LogP contribution in [0.4, 0.5) is 0 Å². The van der Waals surface area contributed by atoms with Crippen molar-refractivity contribution in [1.29, 1.82) is 0 Å². The van der Waals surface area contributed by atoms with Gasteiger partial charge in [-0.25, -0.2) is 0 Å². The smallest absolute Gasteiger partial charge is 0.0662 e. The van der Waals surface area contributed by atoms with Gasteiger partial charge in [0, 0.05) is 18.9 Å². The summed E-state index contributed by atoms with van der Waals surface area (Å²) in [6, 6.07) is 0. The van der Waals surface area contributed by atoms with E-state index in [1.54, 1.807) is 7.11 Å². The molecule has 0 N–H and O–H groups in total. The van der Waals surface area contributed by atoms with Crippen LogP contribution in [0.25, 0.3) is 0 Å². The minimum absolute atomic E-state index is 0.0782. The topological polar surface area (TPSA) is 9.23 Å². The highest BCUT2D eigenvalue weighted by atomic mass is 35.5. The van der Waals surface area contributed by atoms with Gasteiger partial charge in [0.05, 0.1) is 5.60 Å². The lowest BCUT2D eigenvalue weighted by Crippen LogP contribution is -2.34. The van der Waals surface area contributed by atoms with Gasteiger partial charge in [-0.05, 0) is 20.3 Å². The molecule has 0 aromatic rings. The SMILES string of the molecule is CCCCCCCCC(CCl)C(C)(C)OC. The molecule has 0 aliphatic rings. The molecular formula is C14H29ClO. The maximum Gasteiger partial charge on any atom is 0.0662 e. The molecule has 98 valence electrons. The van der Waals surface area contributed by atoms with E-state index in [4.69, 9.17) is 16.3 Å². The number of hydrogen-bond acceptors (Lipinski definition) is 1. The van der Waals surface area contributed by atoms with Gasteiger partial charge < -0.3 is 4.74 Å². The van der Waals surface area contributed by atoms with Crippen molar-refractivity contribution < 1.29 is 4.74 Å². The molecule has 0 heterocycles. The Morgan fingerprint density at radius 3 is 2.12 bits per heavy atom. The van der Waals surface area contributed by atoms with Crippen molar-refractivity contribution in [3.63, 3.8) is 0 Å². The molecule has 1 unspecified atom stereocenters. The van der Waals surface area contributed by atoms with Crippen molar-refractivity contribution in [3.8, 4) is 0 Å². The Morgan fingerprint density at radius 2 is 1.62 bits per heavy atom. The van der Waals surface area contributed by atoms with E-state index in [1.807, 2.05) is 0 Å². The van der Waals surface area contributed by atoms with Crippen molar-refractivity contribution in [3.05, 3.63) is 0 Å². The molecule has 0 aliphatic carbocycles. The van der Waals surface area contributed by atoms with Crippen LogP contribution in [0.1, 0.15) is 65.7 Å². The van der Waals surface area contributed by atoms with Gasteiger partial charge in [0.15, 0.2) is 0 Å². The van der Waals surface area contributed by atoms with Gasteiger partial charge in [-0.1, -0.05) is 45.4 Å². The molecular weight excluding hydrogens is 220 g/mol. The van der Waals surface area contributed by atoms with Gasteiger partial charge in [0.1, 0.15) is 0 Å². The predicted octanol–water partition coefficient (Wildman–Crippen LogP) is 5.02. The predicted molar refractivity (Wildman–Crippen MR) is 73.3 cm³/mol. The number of ether oxygens (including phenoxy) is 1. The van der Waals surface area contributed by atoms with Gasteiger partial charge in [-0.2, -0.15) is 0 Å². The lowest BCUT2D eigenvalue weighted by atomic mass is 9.87. The van der Waals surface area contributed by atoms with Crippen LogP contribution < -0.4 is 0 Å². The lowest BCUT2D eigenvalue weighted by molar-refractivity contribution is -0.0238. The number of halogens is 1. The fraction of sp³-hybridized carbons (Fsp3) is 1.00. The first kappa shape index (κ1) is 16.2. The molecule has 16 heavy (non-hydrogen) atoms. The van der Waals surface area contributed by atoms with Crippen LogP contribution in [0.2, 0.25) is 0 Å². The molecule has 1 nitrogen and oxygen atoms in total.